The first-order valence-corrected chi connectivity index (χ1v) is 9.82. The van der Waals surface area contributed by atoms with Crippen molar-refractivity contribution in [2.75, 3.05) is 26.2 Å². The molecular formula is C20H27F3N4O5. The van der Waals surface area contributed by atoms with Gasteiger partial charge in [-0.1, -0.05) is 12.1 Å². The van der Waals surface area contributed by atoms with Crippen molar-refractivity contribution in [3.05, 3.63) is 29.8 Å². The van der Waals surface area contributed by atoms with Crippen molar-refractivity contribution in [3.63, 3.8) is 0 Å². The van der Waals surface area contributed by atoms with Gasteiger partial charge in [0.05, 0.1) is 6.61 Å². The van der Waals surface area contributed by atoms with Crippen LogP contribution in [0.2, 0.25) is 0 Å². The maximum absolute atomic E-state index is 12.1. The smallest absolute Gasteiger partial charge is 0.490 e. The Kier molecular flexibility index (Phi) is 10.5. The summed E-state index contributed by atoms with van der Waals surface area (Å²) in [5.74, 6) is -1.97. The van der Waals surface area contributed by atoms with Crippen LogP contribution in [0.15, 0.2) is 24.3 Å². The molecule has 1 fully saturated rings. The van der Waals surface area contributed by atoms with Crippen molar-refractivity contribution in [1.82, 2.24) is 10.2 Å². The Morgan fingerprint density at radius 2 is 1.88 bits per heavy atom. The number of amidine groups is 1. The maximum atomic E-state index is 12.1. The van der Waals surface area contributed by atoms with Gasteiger partial charge in [-0.15, -0.1) is 0 Å². The van der Waals surface area contributed by atoms with Crippen molar-refractivity contribution < 1.29 is 37.4 Å². The number of carbonyl (C=O) groups is 3. The Balaban J connectivity index is 0.000000633. The number of nitrogens with one attached hydrogen (secondary N) is 2. The van der Waals surface area contributed by atoms with Crippen LogP contribution < -0.4 is 15.8 Å². The summed E-state index contributed by atoms with van der Waals surface area (Å²) in [4.78, 5) is 34.1. The lowest BCUT2D eigenvalue weighted by molar-refractivity contribution is -0.192. The van der Waals surface area contributed by atoms with Crippen LogP contribution in [0.1, 0.15) is 31.7 Å². The van der Waals surface area contributed by atoms with E-state index in [1.165, 1.54) is 0 Å². The van der Waals surface area contributed by atoms with E-state index >= 15 is 0 Å². The summed E-state index contributed by atoms with van der Waals surface area (Å²) in [6, 6.07) is 7.09. The SMILES string of the molecule is CC(=O)N1CCC(C(=O)NCCCOc2cccc(C(=N)N)c2)CC1.O=C(O)C(F)(F)F. The summed E-state index contributed by atoms with van der Waals surface area (Å²) in [5, 5.41) is 17.5. The average Bonchev–Trinajstić information content (AvgIpc) is 2.73. The molecule has 0 saturated carbocycles. The van der Waals surface area contributed by atoms with E-state index in [9.17, 15) is 22.8 Å². The number of hydrogen-bond acceptors (Lipinski definition) is 5. The molecule has 5 N–H and O–H groups in total. The zero-order valence-electron chi connectivity index (χ0n) is 17.6. The third-order valence-electron chi connectivity index (χ3n) is 4.59. The van der Waals surface area contributed by atoms with Crippen LogP contribution in [0.25, 0.3) is 0 Å². The zero-order valence-corrected chi connectivity index (χ0v) is 17.6. The standard InChI is InChI=1S/C18H26N4O3.C2HF3O2/c1-13(23)22-9-6-14(7-10-22)18(24)21-8-3-11-25-16-5-2-4-15(12-16)17(19)20;3-2(4,5)1(6)7/h2,4-5,12,14H,3,6-11H2,1H3,(H3,19,20)(H,21,24);(H,6,7). The predicted octanol–water partition coefficient (Wildman–Crippen LogP) is 1.75. The highest BCUT2D eigenvalue weighted by molar-refractivity contribution is 5.95. The van der Waals surface area contributed by atoms with E-state index in [4.69, 9.17) is 25.8 Å². The lowest BCUT2D eigenvalue weighted by Gasteiger charge is -2.30. The van der Waals surface area contributed by atoms with Gasteiger partial charge in [0, 0.05) is 38.0 Å². The summed E-state index contributed by atoms with van der Waals surface area (Å²) in [7, 11) is 0. The first-order valence-electron chi connectivity index (χ1n) is 9.82. The summed E-state index contributed by atoms with van der Waals surface area (Å²) in [6.07, 6.45) is -2.94. The van der Waals surface area contributed by atoms with Crippen molar-refractivity contribution >= 4 is 23.6 Å². The average molecular weight is 460 g/mol. The first kappa shape index (κ1) is 26.7. The molecule has 1 aromatic carbocycles. The van der Waals surface area contributed by atoms with Gasteiger partial charge in [-0.05, 0) is 31.4 Å². The number of carboxylic acids is 1. The number of benzene rings is 1. The molecule has 1 aromatic rings. The van der Waals surface area contributed by atoms with Gasteiger partial charge in [0.25, 0.3) is 0 Å². The molecule has 0 aliphatic carbocycles. The molecule has 1 aliphatic rings. The highest BCUT2D eigenvalue weighted by atomic mass is 19.4. The number of ether oxygens (including phenoxy) is 1. The number of nitrogens with zero attached hydrogens (tertiary/aromatic N) is 1. The summed E-state index contributed by atoms with van der Waals surface area (Å²) in [5.41, 5.74) is 6.07. The fourth-order valence-corrected chi connectivity index (χ4v) is 2.83. The van der Waals surface area contributed by atoms with E-state index < -0.39 is 12.1 Å². The number of amides is 2. The lowest BCUT2D eigenvalue weighted by Crippen LogP contribution is -2.42. The molecular weight excluding hydrogens is 433 g/mol. The zero-order chi connectivity index (χ0) is 24.3. The van der Waals surface area contributed by atoms with Crippen molar-refractivity contribution in [2.24, 2.45) is 11.7 Å². The number of hydrogen-bond donors (Lipinski definition) is 4. The van der Waals surface area contributed by atoms with Gasteiger partial charge in [-0.25, -0.2) is 4.79 Å². The van der Waals surface area contributed by atoms with Crippen LogP contribution in [0.4, 0.5) is 13.2 Å². The number of nitrogens with two attached hydrogens (primary N) is 1. The quantitative estimate of drug-likeness (QED) is 0.277. The summed E-state index contributed by atoms with van der Waals surface area (Å²) < 4.78 is 37.4. The molecule has 0 radical (unpaired) electrons. The number of likely N-dealkylation sites (tertiary alicyclic amines) is 1. The third kappa shape index (κ3) is 9.67. The second-order valence-corrected chi connectivity index (χ2v) is 7.02. The third-order valence-corrected chi connectivity index (χ3v) is 4.59. The monoisotopic (exact) mass is 460 g/mol. The van der Waals surface area contributed by atoms with Crippen LogP contribution in [-0.2, 0) is 14.4 Å². The minimum Gasteiger partial charge on any atom is -0.494 e. The molecule has 1 heterocycles. The molecule has 9 nitrogen and oxygen atoms in total. The molecule has 0 atom stereocenters. The molecule has 32 heavy (non-hydrogen) atoms. The Morgan fingerprint density at radius 1 is 1.28 bits per heavy atom. The van der Waals surface area contributed by atoms with Gasteiger partial charge in [0.1, 0.15) is 11.6 Å². The highest BCUT2D eigenvalue weighted by Crippen LogP contribution is 2.17. The summed E-state index contributed by atoms with van der Waals surface area (Å²) >= 11 is 0. The number of rotatable bonds is 7. The molecule has 2 amide bonds. The van der Waals surface area contributed by atoms with Crippen LogP contribution in [0.5, 0.6) is 5.75 Å². The lowest BCUT2D eigenvalue weighted by atomic mass is 9.96. The van der Waals surface area contributed by atoms with E-state index in [1.54, 1.807) is 30.0 Å². The number of nitrogen functional groups attached to an aromatic ring is 1. The number of piperidine rings is 1. The van der Waals surface area contributed by atoms with E-state index in [0.29, 0.717) is 44.0 Å². The Bertz CT molecular complexity index is 809. The molecule has 12 heteroatoms. The molecule has 0 unspecified atom stereocenters. The van der Waals surface area contributed by atoms with Gasteiger partial charge in [-0.3, -0.25) is 15.0 Å². The largest absolute Gasteiger partial charge is 0.494 e. The van der Waals surface area contributed by atoms with E-state index in [2.05, 4.69) is 5.32 Å². The predicted molar refractivity (Wildman–Crippen MR) is 109 cm³/mol. The minimum atomic E-state index is -5.08. The van der Waals surface area contributed by atoms with E-state index in [0.717, 1.165) is 12.8 Å². The molecule has 178 valence electrons. The van der Waals surface area contributed by atoms with Gasteiger partial charge in [0.2, 0.25) is 11.8 Å². The van der Waals surface area contributed by atoms with Crippen LogP contribution in [0.3, 0.4) is 0 Å². The van der Waals surface area contributed by atoms with Crippen LogP contribution in [0, 0.1) is 11.3 Å². The molecule has 1 saturated heterocycles. The second-order valence-electron chi connectivity index (χ2n) is 7.02. The van der Waals surface area contributed by atoms with E-state index in [-0.39, 0.29) is 23.6 Å². The van der Waals surface area contributed by atoms with Crippen LogP contribution in [-0.4, -0.2) is 66.0 Å². The minimum absolute atomic E-state index is 0.00790. The molecule has 0 bridgehead atoms. The van der Waals surface area contributed by atoms with Gasteiger partial charge < -0.3 is 25.8 Å². The molecule has 2 rings (SSSR count). The van der Waals surface area contributed by atoms with Gasteiger partial charge >= 0.3 is 12.1 Å². The number of carbonyl (C=O) groups excluding carboxylic acids is 2. The molecule has 1 aliphatic heterocycles. The van der Waals surface area contributed by atoms with Gasteiger partial charge in [0.15, 0.2) is 0 Å². The van der Waals surface area contributed by atoms with Crippen molar-refractivity contribution in [2.45, 2.75) is 32.4 Å². The number of carboxylic acid groups (broad SMARTS) is 1. The number of halogens is 3. The van der Waals surface area contributed by atoms with Crippen molar-refractivity contribution in [1.29, 1.82) is 5.41 Å². The molecule has 0 aromatic heterocycles. The number of aliphatic carboxylic acids is 1. The fourth-order valence-electron chi connectivity index (χ4n) is 2.83. The summed E-state index contributed by atoms with van der Waals surface area (Å²) in [6.45, 7) is 3.90. The topological polar surface area (TPSA) is 146 Å². The van der Waals surface area contributed by atoms with Gasteiger partial charge in [-0.2, -0.15) is 13.2 Å². The van der Waals surface area contributed by atoms with E-state index in [1.807, 2.05) is 6.07 Å². The van der Waals surface area contributed by atoms with Crippen molar-refractivity contribution in [3.8, 4) is 5.75 Å². The Hall–Kier alpha value is -3.31. The number of alkyl halides is 3. The first-order chi connectivity index (χ1) is 14.9. The Labute approximate surface area is 183 Å². The maximum Gasteiger partial charge on any atom is 0.490 e. The Morgan fingerprint density at radius 3 is 2.38 bits per heavy atom. The van der Waals surface area contributed by atoms with Crippen LogP contribution >= 0.6 is 0 Å². The normalized spacial score (nSPS) is 14.1. The molecule has 0 spiro atoms. The highest BCUT2D eigenvalue weighted by Gasteiger charge is 2.38. The fraction of sp³-hybridized carbons (Fsp3) is 0.500. The second kappa shape index (κ2) is 12.5.